The van der Waals surface area contributed by atoms with Gasteiger partial charge < -0.3 is 14.8 Å². The topological polar surface area (TPSA) is 47.6 Å². The van der Waals surface area contributed by atoms with Crippen molar-refractivity contribution in [3.05, 3.63) is 29.8 Å². The lowest BCUT2D eigenvalue weighted by molar-refractivity contribution is -0.274. The van der Waals surface area contributed by atoms with E-state index in [0.29, 0.717) is 13.0 Å². The number of ether oxygens (including phenoxy) is 2. The van der Waals surface area contributed by atoms with Crippen LogP contribution in [0.4, 0.5) is 13.2 Å². The van der Waals surface area contributed by atoms with Crippen LogP contribution in [0.2, 0.25) is 0 Å². The second-order valence-electron chi connectivity index (χ2n) is 5.13. The van der Waals surface area contributed by atoms with Gasteiger partial charge in [0.1, 0.15) is 5.75 Å². The van der Waals surface area contributed by atoms with Crippen molar-refractivity contribution < 1.29 is 27.4 Å². The Labute approximate surface area is 126 Å². The standard InChI is InChI=1S/C15H18F3NO3/c16-15(17,18)22-12-6-3-11(4-7-12)5-8-14(20)19-10-13-2-1-9-21-13/h3-4,6-7,13H,1-2,5,8-10H2,(H,19,20)/t13-/m1/s1. The Morgan fingerprint density at radius 3 is 2.64 bits per heavy atom. The first-order valence-electron chi connectivity index (χ1n) is 7.15. The average Bonchev–Trinajstić information content (AvgIpc) is 2.96. The van der Waals surface area contributed by atoms with Gasteiger partial charge in [-0.25, -0.2) is 0 Å². The van der Waals surface area contributed by atoms with Crippen molar-refractivity contribution >= 4 is 5.91 Å². The van der Waals surface area contributed by atoms with Gasteiger partial charge in [0.05, 0.1) is 6.10 Å². The Morgan fingerprint density at radius 1 is 1.32 bits per heavy atom. The Balaban J connectivity index is 1.70. The number of hydrogen-bond donors (Lipinski definition) is 1. The maximum atomic E-state index is 12.0. The van der Waals surface area contributed by atoms with Crippen LogP contribution in [-0.2, 0) is 16.0 Å². The summed E-state index contributed by atoms with van der Waals surface area (Å²) in [5.41, 5.74) is 0.779. The molecule has 122 valence electrons. The molecule has 1 amide bonds. The van der Waals surface area contributed by atoms with Crippen LogP contribution in [0.1, 0.15) is 24.8 Å². The van der Waals surface area contributed by atoms with Gasteiger partial charge >= 0.3 is 6.36 Å². The lowest BCUT2D eigenvalue weighted by Crippen LogP contribution is -2.31. The fourth-order valence-corrected chi connectivity index (χ4v) is 2.24. The highest BCUT2D eigenvalue weighted by atomic mass is 19.4. The van der Waals surface area contributed by atoms with E-state index in [2.05, 4.69) is 10.1 Å². The van der Waals surface area contributed by atoms with Crippen LogP contribution in [-0.4, -0.2) is 31.5 Å². The first-order chi connectivity index (χ1) is 10.4. The number of nitrogens with one attached hydrogen (secondary N) is 1. The number of rotatable bonds is 6. The molecule has 0 aromatic heterocycles. The van der Waals surface area contributed by atoms with Crippen LogP contribution in [0.5, 0.6) is 5.75 Å². The molecule has 1 aromatic rings. The third kappa shape index (κ3) is 5.93. The van der Waals surface area contributed by atoms with Gasteiger partial charge in [-0.15, -0.1) is 13.2 Å². The molecule has 1 aromatic carbocycles. The predicted octanol–water partition coefficient (Wildman–Crippen LogP) is 2.81. The van der Waals surface area contributed by atoms with Crippen LogP contribution in [0.15, 0.2) is 24.3 Å². The van der Waals surface area contributed by atoms with Crippen LogP contribution < -0.4 is 10.1 Å². The number of aryl methyl sites for hydroxylation is 1. The van der Waals surface area contributed by atoms with Crippen molar-refractivity contribution in [1.82, 2.24) is 5.32 Å². The number of halogens is 3. The number of amides is 1. The van der Waals surface area contributed by atoms with Gasteiger partial charge in [-0.1, -0.05) is 12.1 Å². The maximum absolute atomic E-state index is 12.0. The Morgan fingerprint density at radius 2 is 2.05 bits per heavy atom. The molecule has 1 saturated heterocycles. The molecule has 2 rings (SSSR count). The first-order valence-corrected chi connectivity index (χ1v) is 7.15. The number of carbonyl (C=O) groups excluding carboxylic acids is 1. The summed E-state index contributed by atoms with van der Waals surface area (Å²) in [5.74, 6) is -0.356. The van der Waals surface area contributed by atoms with Crippen molar-refractivity contribution in [2.24, 2.45) is 0 Å². The summed E-state index contributed by atoms with van der Waals surface area (Å²) >= 11 is 0. The number of benzene rings is 1. The zero-order chi connectivity index (χ0) is 16.0. The van der Waals surface area contributed by atoms with E-state index in [-0.39, 0.29) is 24.2 Å². The molecule has 1 fully saturated rings. The van der Waals surface area contributed by atoms with E-state index < -0.39 is 6.36 Å². The molecule has 0 radical (unpaired) electrons. The quantitative estimate of drug-likeness (QED) is 0.877. The minimum atomic E-state index is -4.69. The van der Waals surface area contributed by atoms with Crippen molar-refractivity contribution in [2.45, 2.75) is 38.1 Å². The Hall–Kier alpha value is -1.76. The fraction of sp³-hybridized carbons (Fsp3) is 0.533. The van der Waals surface area contributed by atoms with Crippen LogP contribution >= 0.6 is 0 Å². The lowest BCUT2D eigenvalue weighted by Gasteiger charge is -2.11. The van der Waals surface area contributed by atoms with Crippen molar-refractivity contribution in [3.8, 4) is 5.75 Å². The van der Waals surface area contributed by atoms with E-state index in [0.717, 1.165) is 25.0 Å². The molecular formula is C15H18F3NO3. The van der Waals surface area contributed by atoms with E-state index in [1.54, 1.807) is 0 Å². The molecule has 1 aliphatic rings. The van der Waals surface area contributed by atoms with Crippen LogP contribution in [0.25, 0.3) is 0 Å². The zero-order valence-electron chi connectivity index (χ0n) is 12.0. The molecule has 0 unspecified atom stereocenters. The molecule has 1 aliphatic heterocycles. The maximum Gasteiger partial charge on any atom is 0.573 e. The van der Waals surface area contributed by atoms with Crippen molar-refractivity contribution in [1.29, 1.82) is 0 Å². The fourth-order valence-electron chi connectivity index (χ4n) is 2.24. The summed E-state index contributed by atoms with van der Waals surface area (Å²) in [6, 6.07) is 5.53. The largest absolute Gasteiger partial charge is 0.573 e. The number of carbonyl (C=O) groups is 1. The Bertz CT molecular complexity index is 482. The third-order valence-electron chi connectivity index (χ3n) is 3.35. The van der Waals surface area contributed by atoms with Crippen LogP contribution in [0, 0.1) is 0 Å². The van der Waals surface area contributed by atoms with Gasteiger partial charge in [-0.3, -0.25) is 4.79 Å². The van der Waals surface area contributed by atoms with Crippen LogP contribution in [0.3, 0.4) is 0 Å². The van der Waals surface area contributed by atoms with E-state index in [9.17, 15) is 18.0 Å². The normalized spacial score (nSPS) is 18.2. The molecule has 1 N–H and O–H groups in total. The van der Waals surface area contributed by atoms with Gasteiger partial charge in [0, 0.05) is 19.6 Å². The summed E-state index contributed by atoms with van der Waals surface area (Å²) in [7, 11) is 0. The van der Waals surface area contributed by atoms with E-state index >= 15 is 0 Å². The third-order valence-corrected chi connectivity index (χ3v) is 3.35. The predicted molar refractivity (Wildman–Crippen MR) is 73.4 cm³/mol. The summed E-state index contributed by atoms with van der Waals surface area (Å²) < 4.78 is 45.3. The molecule has 0 bridgehead atoms. The minimum Gasteiger partial charge on any atom is -0.406 e. The molecular weight excluding hydrogens is 299 g/mol. The van der Waals surface area contributed by atoms with Gasteiger partial charge in [-0.2, -0.15) is 0 Å². The molecule has 1 heterocycles. The second-order valence-corrected chi connectivity index (χ2v) is 5.13. The van der Waals surface area contributed by atoms with E-state index in [4.69, 9.17) is 4.74 Å². The monoisotopic (exact) mass is 317 g/mol. The first kappa shape index (κ1) is 16.6. The summed E-state index contributed by atoms with van der Waals surface area (Å²) in [6.07, 6.45) is -1.87. The summed E-state index contributed by atoms with van der Waals surface area (Å²) in [4.78, 5) is 11.7. The highest BCUT2D eigenvalue weighted by molar-refractivity contribution is 5.76. The molecule has 0 saturated carbocycles. The van der Waals surface area contributed by atoms with Crippen molar-refractivity contribution in [2.75, 3.05) is 13.2 Å². The second kappa shape index (κ2) is 7.49. The minimum absolute atomic E-state index is 0.0916. The average molecular weight is 317 g/mol. The van der Waals surface area contributed by atoms with E-state index in [1.807, 2.05) is 0 Å². The highest BCUT2D eigenvalue weighted by Gasteiger charge is 2.30. The summed E-state index contributed by atoms with van der Waals surface area (Å²) in [5, 5.41) is 2.80. The van der Waals surface area contributed by atoms with Crippen molar-refractivity contribution in [3.63, 3.8) is 0 Å². The summed E-state index contributed by atoms with van der Waals surface area (Å²) in [6.45, 7) is 1.25. The lowest BCUT2D eigenvalue weighted by atomic mass is 10.1. The molecule has 4 nitrogen and oxygen atoms in total. The molecule has 22 heavy (non-hydrogen) atoms. The molecule has 0 spiro atoms. The van der Waals surface area contributed by atoms with E-state index in [1.165, 1.54) is 24.3 Å². The number of hydrogen-bond acceptors (Lipinski definition) is 3. The molecule has 7 heteroatoms. The highest BCUT2D eigenvalue weighted by Crippen LogP contribution is 2.23. The van der Waals surface area contributed by atoms with Gasteiger partial charge in [0.25, 0.3) is 0 Å². The van der Waals surface area contributed by atoms with Gasteiger partial charge in [0.15, 0.2) is 0 Å². The smallest absolute Gasteiger partial charge is 0.406 e. The number of alkyl halides is 3. The zero-order valence-corrected chi connectivity index (χ0v) is 12.0. The van der Waals surface area contributed by atoms with Gasteiger partial charge in [0.2, 0.25) is 5.91 Å². The van der Waals surface area contributed by atoms with Gasteiger partial charge in [-0.05, 0) is 37.0 Å². The molecule has 0 aliphatic carbocycles. The SMILES string of the molecule is O=C(CCc1ccc(OC(F)(F)F)cc1)NC[C@H]1CCCO1. The Kier molecular flexibility index (Phi) is 5.65. The molecule has 1 atom stereocenters.